The second-order valence-electron chi connectivity index (χ2n) is 4.06. The molecule has 1 aromatic carbocycles. The van der Waals surface area contributed by atoms with Crippen LogP contribution in [0.4, 0.5) is 5.69 Å². The van der Waals surface area contributed by atoms with Gasteiger partial charge in [-0.2, -0.15) is 0 Å². The number of hydrogen-bond acceptors (Lipinski definition) is 5. The van der Waals surface area contributed by atoms with Crippen LogP contribution in [0.25, 0.3) is 0 Å². The lowest BCUT2D eigenvalue weighted by atomic mass is 10.1. The summed E-state index contributed by atoms with van der Waals surface area (Å²) in [6.07, 6.45) is 0.250. The second-order valence-corrected chi connectivity index (χ2v) is 5.00. The quantitative estimate of drug-likeness (QED) is 0.788. The third kappa shape index (κ3) is 3.35. The molecule has 5 nitrogen and oxygen atoms in total. The molecule has 0 radical (unpaired) electrons. The van der Waals surface area contributed by atoms with Crippen LogP contribution in [0, 0.1) is 0 Å². The number of nitrogens with zero attached hydrogens (tertiary/aromatic N) is 2. The highest BCUT2D eigenvalue weighted by Crippen LogP contribution is 2.22. The number of ether oxygens (including phenoxy) is 1. The van der Waals surface area contributed by atoms with Crippen LogP contribution < -0.4 is 0 Å². The van der Waals surface area contributed by atoms with E-state index >= 15 is 0 Å². The Morgan fingerprint density at radius 2 is 2.11 bits per heavy atom. The molecule has 0 aliphatic carbocycles. The Kier molecular flexibility index (Phi) is 4.21. The van der Waals surface area contributed by atoms with Gasteiger partial charge in [0.2, 0.25) is 5.91 Å². The van der Waals surface area contributed by atoms with Crippen molar-refractivity contribution in [2.24, 2.45) is 4.99 Å². The molecule has 0 N–H and O–H groups in total. The Labute approximate surface area is 115 Å². The van der Waals surface area contributed by atoms with Crippen molar-refractivity contribution in [3.8, 4) is 0 Å². The largest absolute Gasteiger partial charge is 0.469 e. The molecule has 1 amide bonds. The van der Waals surface area contributed by atoms with Crippen molar-refractivity contribution in [2.45, 2.75) is 6.42 Å². The molecule has 0 atom stereocenters. The second kappa shape index (κ2) is 5.88. The number of hydrogen-bond donors (Lipinski definition) is 0. The Morgan fingerprint density at radius 1 is 1.42 bits per heavy atom. The van der Waals surface area contributed by atoms with Gasteiger partial charge in [0.1, 0.15) is 0 Å². The van der Waals surface area contributed by atoms with Gasteiger partial charge in [-0.3, -0.25) is 14.5 Å². The fraction of sp³-hybridized carbons (Fsp3) is 0.308. The standard InChI is InChI=1S/C13H14N2O3S/c1-15-11(16)8-19-13(15)14-10-5-3-9(4-6-10)7-12(17)18-2/h3-6H,7-8H2,1-2H3. The third-order valence-corrected chi connectivity index (χ3v) is 3.74. The predicted octanol–water partition coefficient (Wildman–Crippen LogP) is 1.59. The summed E-state index contributed by atoms with van der Waals surface area (Å²) in [6.45, 7) is 0. The van der Waals surface area contributed by atoms with Crippen molar-refractivity contribution in [1.29, 1.82) is 0 Å². The fourth-order valence-electron chi connectivity index (χ4n) is 1.57. The predicted molar refractivity (Wildman–Crippen MR) is 74.5 cm³/mol. The highest BCUT2D eigenvalue weighted by atomic mass is 32.2. The average Bonchev–Trinajstić information content (AvgIpc) is 2.73. The molecule has 0 spiro atoms. The van der Waals surface area contributed by atoms with Gasteiger partial charge < -0.3 is 4.74 Å². The van der Waals surface area contributed by atoms with Gasteiger partial charge in [-0.05, 0) is 17.7 Å². The number of esters is 1. The number of benzene rings is 1. The SMILES string of the molecule is COC(=O)Cc1ccc(N=C2SCC(=O)N2C)cc1. The zero-order valence-corrected chi connectivity index (χ0v) is 11.6. The van der Waals surface area contributed by atoms with Crippen LogP contribution in [-0.4, -0.2) is 41.9 Å². The topological polar surface area (TPSA) is 59.0 Å². The molecule has 0 saturated carbocycles. The first-order valence-electron chi connectivity index (χ1n) is 5.74. The van der Waals surface area contributed by atoms with E-state index < -0.39 is 0 Å². The molecule has 19 heavy (non-hydrogen) atoms. The van der Waals surface area contributed by atoms with E-state index in [0.29, 0.717) is 10.9 Å². The lowest BCUT2D eigenvalue weighted by Gasteiger charge is -2.07. The molecule has 1 aliphatic heterocycles. The van der Waals surface area contributed by atoms with Crippen molar-refractivity contribution < 1.29 is 14.3 Å². The van der Waals surface area contributed by atoms with Crippen molar-refractivity contribution in [1.82, 2.24) is 4.90 Å². The van der Waals surface area contributed by atoms with Gasteiger partial charge in [0.25, 0.3) is 0 Å². The monoisotopic (exact) mass is 278 g/mol. The van der Waals surface area contributed by atoms with E-state index in [2.05, 4.69) is 9.73 Å². The Hall–Kier alpha value is -1.82. The number of amidine groups is 1. The summed E-state index contributed by atoms with van der Waals surface area (Å²) in [7, 11) is 3.08. The molecule has 0 unspecified atom stereocenters. The maximum Gasteiger partial charge on any atom is 0.309 e. The van der Waals surface area contributed by atoms with Crippen LogP contribution in [0.3, 0.4) is 0 Å². The van der Waals surface area contributed by atoms with E-state index in [-0.39, 0.29) is 18.3 Å². The molecule has 6 heteroatoms. The number of amides is 1. The zero-order chi connectivity index (χ0) is 13.8. The average molecular weight is 278 g/mol. The summed E-state index contributed by atoms with van der Waals surface area (Å²) in [5.41, 5.74) is 1.64. The van der Waals surface area contributed by atoms with Crippen molar-refractivity contribution >= 4 is 34.5 Å². The van der Waals surface area contributed by atoms with E-state index in [1.807, 2.05) is 24.3 Å². The maximum absolute atomic E-state index is 11.4. The molecule has 0 aromatic heterocycles. The molecule has 2 rings (SSSR count). The molecule has 1 fully saturated rings. The smallest absolute Gasteiger partial charge is 0.309 e. The Bertz CT molecular complexity index is 525. The Balaban J connectivity index is 2.09. The lowest BCUT2D eigenvalue weighted by Crippen LogP contribution is -2.24. The first-order chi connectivity index (χ1) is 9.10. The highest BCUT2D eigenvalue weighted by Gasteiger charge is 2.24. The summed E-state index contributed by atoms with van der Waals surface area (Å²) in [5, 5.41) is 0.700. The minimum absolute atomic E-state index is 0.0612. The maximum atomic E-state index is 11.4. The van der Waals surface area contributed by atoms with Crippen molar-refractivity contribution in [2.75, 3.05) is 19.9 Å². The van der Waals surface area contributed by atoms with Gasteiger partial charge in [-0.15, -0.1) is 0 Å². The van der Waals surface area contributed by atoms with Gasteiger partial charge >= 0.3 is 5.97 Å². The number of methoxy groups -OCH3 is 1. The van der Waals surface area contributed by atoms with Gasteiger partial charge in [0.15, 0.2) is 5.17 Å². The van der Waals surface area contributed by atoms with Crippen molar-refractivity contribution in [3.63, 3.8) is 0 Å². The molecule has 1 aromatic rings. The number of aliphatic imine (C=N–C) groups is 1. The summed E-state index contributed by atoms with van der Waals surface area (Å²) in [5.74, 6) is 0.234. The first kappa shape index (κ1) is 13.6. The van der Waals surface area contributed by atoms with E-state index in [4.69, 9.17) is 0 Å². The highest BCUT2D eigenvalue weighted by molar-refractivity contribution is 8.15. The summed E-state index contributed by atoms with van der Waals surface area (Å²) in [6, 6.07) is 7.31. The van der Waals surface area contributed by atoms with Crippen LogP contribution in [0.1, 0.15) is 5.56 Å². The van der Waals surface area contributed by atoms with Gasteiger partial charge in [0, 0.05) is 7.05 Å². The summed E-state index contributed by atoms with van der Waals surface area (Å²) < 4.78 is 4.60. The van der Waals surface area contributed by atoms with E-state index in [9.17, 15) is 9.59 Å². The molecular formula is C13H14N2O3S. The van der Waals surface area contributed by atoms with Crippen LogP contribution >= 0.6 is 11.8 Å². The minimum atomic E-state index is -0.268. The van der Waals surface area contributed by atoms with Crippen LogP contribution in [0.5, 0.6) is 0 Å². The summed E-state index contributed by atoms with van der Waals surface area (Å²) in [4.78, 5) is 28.4. The molecule has 100 valence electrons. The number of thioether (sulfide) groups is 1. The summed E-state index contributed by atoms with van der Waals surface area (Å²) >= 11 is 1.42. The fourth-order valence-corrected chi connectivity index (χ4v) is 2.48. The molecule has 0 bridgehead atoms. The molecule has 1 aliphatic rings. The number of carbonyl (C=O) groups is 2. The van der Waals surface area contributed by atoms with E-state index in [1.165, 1.54) is 18.9 Å². The normalized spacial score (nSPS) is 17.1. The van der Waals surface area contributed by atoms with Gasteiger partial charge in [-0.25, -0.2) is 4.99 Å². The molecular weight excluding hydrogens is 264 g/mol. The number of rotatable bonds is 3. The minimum Gasteiger partial charge on any atom is -0.469 e. The third-order valence-electron chi connectivity index (χ3n) is 2.72. The van der Waals surface area contributed by atoms with Crippen LogP contribution in [-0.2, 0) is 20.7 Å². The molecule has 1 heterocycles. The van der Waals surface area contributed by atoms with E-state index in [0.717, 1.165) is 11.3 Å². The van der Waals surface area contributed by atoms with Gasteiger partial charge in [-0.1, -0.05) is 23.9 Å². The van der Waals surface area contributed by atoms with E-state index in [1.54, 1.807) is 11.9 Å². The first-order valence-corrected chi connectivity index (χ1v) is 6.72. The lowest BCUT2D eigenvalue weighted by molar-refractivity contribution is -0.139. The van der Waals surface area contributed by atoms with Crippen LogP contribution in [0.2, 0.25) is 0 Å². The zero-order valence-electron chi connectivity index (χ0n) is 10.8. The van der Waals surface area contributed by atoms with Crippen molar-refractivity contribution in [3.05, 3.63) is 29.8 Å². The number of carbonyl (C=O) groups excluding carboxylic acids is 2. The molecule has 1 saturated heterocycles. The van der Waals surface area contributed by atoms with Gasteiger partial charge in [0.05, 0.1) is 25.0 Å². The van der Waals surface area contributed by atoms with Crippen LogP contribution in [0.15, 0.2) is 29.3 Å². The Morgan fingerprint density at radius 3 is 2.63 bits per heavy atom.